The summed E-state index contributed by atoms with van der Waals surface area (Å²) in [5.74, 6) is -0.00526. The predicted octanol–water partition coefficient (Wildman–Crippen LogP) is 1.62. The molecule has 4 rings (SSSR count). The smallest absolute Gasteiger partial charge is 0.326 e. The highest BCUT2D eigenvalue weighted by atomic mass is 16.2. The molecule has 1 aromatic heterocycles. The lowest BCUT2D eigenvalue weighted by molar-refractivity contribution is 0.0791. The van der Waals surface area contributed by atoms with Gasteiger partial charge < -0.3 is 15.6 Å². The number of aromatic amines is 1. The quantitative estimate of drug-likeness (QED) is 0.883. The summed E-state index contributed by atoms with van der Waals surface area (Å²) in [7, 11) is 0. The van der Waals surface area contributed by atoms with Crippen molar-refractivity contribution in [2.75, 3.05) is 13.1 Å². The fraction of sp³-hybridized carbons (Fsp3) is 0.529. The van der Waals surface area contributed by atoms with Crippen LogP contribution in [0, 0.1) is 0 Å². The van der Waals surface area contributed by atoms with Gasteiger partial charge in [-0.3, -0.25) is 9.36 Å². The number of carbonyl (C=O) groups is 1. The third-order valence-corrected chi connectivity index (χ3v) is 5.17. The average molecular weight is 314 g/mol. The number of rotatable bonds is 2. The van der Waals surface area contributed by atoms with Crippen molar-refractivity contribution >= 4 is 16.9 Å². The number of fused-ring (bicyclic) bond motifs is 1. The minimum atomic E-state index is -0.0697. The summed E-state index contributed by atoms with van der Waals surface area (Å²) in [5, 5.41) is 0. The van der Waals surface area contributed by atoms with E-state index in [4.69, 9.17) is 5.73 Å². The molecule has 23 heavy (non-hydrogen) atoms. The van der Waals surface area contributed by atoms with E-state index < -0.39 is 0 Å². The Morgan fingerprint density at radius 1 is 1.22 bits per heavy atom. The zero-order valence-electron chi connectivity index (χ0n) is 13.1. The van der Waals surface area contributed by atoms with E-state index >= 15 is 0 Å². The van der Waals surface area contributed by atoms with Gasteiger partial charge in [-0.2, -0.15) is 0 Å². The Labute approximate surface area is 134 Å². The molecule has 0 unspecified atom stereocenters. The second-order valence-corrected chi connectivity index (χ2v) is 6.77. The second-order valence-electron chi connectivity index (χ2n) is 6.77. The van der Waals surface area contributed by atoms with Crippen molar-refractivity contribution < 1.29 is 4.79 Å². The van der Waals surface area contributed by atoms with Crippen LogP contribution in [0.15, 0.2) is 23.0 Å². The molecule has 6 nitrogen and oxygen atoms in total. The Balaban J connectivity index is 1.69. The molecule has 1 aliphatic heterocycles. The molecule has 1 aromatic carbocycles. The van der Waals surface area contributed by atoms with E-state index in [0.717, 1.165) is 30.3 Å². The molecule has 1 atom stereocenters. The Bertz CT molecular complexity index is 801. The number of likely N-dealkylation sites (tertiary alicyclic amines) is 1. The minimum Gasteiger partial charge on any atom is -0.337 e. The fourth-order valence-corrected chi connectivity index (χ4v) is 3.94. The third kappa shape index (κ3) is 2.47. The number of nitrogens with zero attached hydrogens (tertiary/aromatic N) is 2. The van der Waals surface area contributed by atoms with Crippen LogP contribution in [0.2, 0.25) is 0 Å². The fourth-order valence-electron chi connectivity index (χ4n) is 3.94. The van der Waals surface area contributed by atoms with Gasteiger partial charge in [0.15, 0.2) is 0 Å². The molecule has 2 heterocycles. The summed E-state index contributed by atoms with van der Waals surface area (Å²) < 4.78 is 1.86. The summed E-state index contributed by atoms with van der Waals surface area (Å²) in [4.78, 5) is 29.6. The predicted molar refractivity (Wildman–Crippen MR) is 88.6 cm³/mol. The van der Waals surface area contributed by atoms with Crippen LogP contribution in [0.25, 0.3) is 11.0 Å². The van der Waals surface area contributed by atoms with Gasteiger partial charge in [-0.25, -0.2) is 4.79 Å². The number of H-pyrrole nitrogens is 1. The Hall–Kier alpha value is -2.08. The number of aromatic nitrogens is 2. The summed E-state index contributed by atoms with van der Waals surface area (Å²) in [6, 6.07) is 5.89. The molecular formula is C17H22N4O2. The van der Waals surface area contributed by atoms with Crippen molar-refractivity contribution in [3.8, 4) is 0 Å². The Morgan fingerprint density at radius 3 is 2.70 bits per heavy atom. The van der Waals surface area contributed by atoms with E-state index in [1.807, 2.05) is 16.7 Å². The minimum absolute atomic E-state index is 0.00526. The summed E-state index contributed by atoms with van der Waals surface area (Å²) in [6.07, 6.45) is 5.31. The van der Waals surface area contributed by atoms with E-state index in [2.05, 4.69) is 4.98 Å². The Morgan fingerprint density at radius 2 is 2.00 bits per heavy atom. The molecule has 0 spiro atoms. The van der Waals surface area contributed by atoms with E-state index in [9.17, 15) is 9.59 Å². The summed E-state index contributed by atoms with van der Waals surface area (Å²) in [6.45, 7) is 1.31. The van der Waals surface area contributed by atoms with Crippen LogP contribution >= 0.6 is 0 Å². The van der Waals surface area contributed by atoms with E-state index in [0.29, 0.717) is 18.7 Å². The highest BCUT2D eigenvalue weighted by Gasteiger charge is 2.26. The lowest BCUT2D eigenvalue weighted by atomic mass is 10.1. The third-order valence-electron chi connectivity index (χ3n) is 5.17. The van der Waals surface area contributed by atoms with Gasteiger partial charge in [-0.15, -0.1) is 0 Å². The lowest BCUT2D eigenvalue weighted by Crippen LogP contribution is -2.31. The van der Waals surface area contributed by atoms with Crippen molar-refractivity contribution in [2.45, 2.75) is 44.2 Å². The number of carbonyl (C=O) groups excluding carboxylic acids is 1. The highest BCUT2D eigenvalue weighted by molar-refractivity contribution is 5.97. The maximum absolute atomic E-state index is 12.6. The SMILES string of the molecule is N[C@@H]1CCN(C(=O)c2ccc3c(c2)[nH]c(=O)n3C2CCCC2)C1. The Kier molecular flexibility index (Phi) is 3.49. The average Bonchev–Trinajstić information content (AvgIpc) is 3.24. The van der Waals surface area contributed by atoms with Gasteiger partial charge in [-0.05, 0) is 37.5 Å². The molecule has 2 aliphatic rings. The van der Waals surface area contributed by atoms with Gasteiger partial charge in [0.05, 0.1) is 11.0 Å². The van der Waals surface area contributed by atoms with Crippen molar-refractivity contribution in [3.05, 3.63) is 34.2 Å². The molecule has 1 saturated carbocycles. The molecule has 1 amide bonds. The van der Waals surface area contributed by atoms with Crippen LogP contribution < -0.4 is 11.4 Å². The number of imidazole rings is 1. The molecule has 3 N–H and O–H groups in total. The molecule has 1 aliphatic carbocycles. The van der Waals surface area contributed by atoms with Crippen molar-refractivity contribution in [3.63, 3.8) is 0 Å². The van der Waals surface area contributed by atoms with Gasteiger partial charge in [0, 0.05) is 30.7 Å². The number of amides is 1. The monoisotopic (exact) mass is 314 g/mol. The molecule has 0 radical (unpaired) electrons. The molecule has 122 valence electrons. The second kappa shape index (κ2) is 5.53. The van der Waals surface area contributed by atoms with Crippen LogP contribution in [0.3, 0.4) is 0 Å². The van der Waals surface area contributed by atoms with Crippen LogP contribution in [0.4, 0.5) is 0 Å². The van der Waals surface area contributed by atoms with E-state index in [1.165, 1.54) is 12.8 Å². The molecule has 2 fully saturated rings. The largest absolute Gasteiger partial charge is 0.337 e. The maximum atomic E-state index is 12.6. The number of hydrogen-bond acceptors (Lipinski definition) is 3. The number of nitrogens with one attached hydrogen (secondary N) is 1. The molecule has 6 heteroatoms. The van der Waals surface area contributed by atoms with Gasteiger partial charge in [0.1, 0.15) is 0 Å². The number of benzene rings is 1. The molecule has 2 aromatic rings. The first-order valence-electron chi connectivity index (χ1n) is 8.42. The zero-order chi connectivity index (χ0) is 16.0. The maximum Gasteiger partial charge on any atom is 0.326 e. The standard InChI is InChI=1S/C17H22N4O2/c18-12-7-8-20(10-12)16(22)11-5-6-15-14(9-11)19-17(23)21(15)13-3-1-2-4-13/h5-6,9,12-13H,1-4,7-8,10,18H2,(H,19,23)/t12-/m1/s1. The van der Waals surface area contributed by atoms with Crippen LogP contribution in [-0.4, -0.2) is 39.5 Å². The normalized spacial score (nSPS) is 22.3. The molecule has 0 bridgehead atoms. The van der Waals surface area contributed by atoms with Crippen molar-refractivity contribution in [1.29, 1.82) is 0 Å². The molecule has 1 saturated heterocycles. The number of nitrogens with two attached hydrogens (primary N) is 1. The van der Waals surface area contributed by atoms with Crippen LogP contribution in [0.5, 0.6) is 0 Å². The summed E-state index contributed by atoms with van der Waals surface area (Å²) >= 11 is 0. The summed E-state index contributed by atoms with van der Waals surface area (Å²) in [5.41, 5.74) is 8.07. The lowest BCUT2D eigenvalue weighted by Gasteiger charge is -2.16. The highest BCUT2D eigenvalue weighted by Crippen LogP contribution is 2.30. The van der Waals surface area contributed by atoms with Gasteiger partial charge in [0.25, 0.3) is 5.91 Å². The first-order valence-corrected chi connectivity index (χ1v) is 8.42. The van der Waals surface area contributed by atoms with Gasteiger partial charge >= 0.3 is 5.69 Å². The topological polar surface area (TPSA) is 84.1 Å². The first-order chi connectivity index (χ1) is 11.1. The zero-order valence-corrected chi connectivity index (χ0v) is 13.1. The van der Waals surface area contributed by atoms with Crippen LogP contribution in [0.1, 0.15) is 48.5 Å². The van der Waals surface area contributed by atoms with Crippen molar-refractivity contribution in [1.82, 2.24) is 14.5 Å². The molecular weight excluding hydrogens is 292 g/mol. The van der Waals surface area contributed by atoms with E-state index in [1.54, 1.807) is 11.0 Å². The van der Waals surface area contributed by atoms with Crippen molar-refractivity contribution in [2.24, 2.45) is 5.73 Å². The van der Waals surface area contributed by atoms with E-state index in [-0.39, 0.29) is 23.7 Å². The van der Waals surface area contributed by atoms with Gasteiger partial charge in [0.2, 0.25) is 0 Å². The first kappa shape index (κ1) is 14.5. The number of hydrogen-bond donors (Lipinski definition) is 2. The van der Waals surface area contributed by atoms with Gasteiger partial charge in [-0.1, -0.05) is 12.8 Å². The van der Waals surface area contributed by atoms with Crippen LogP contribution in [-0.2, 0) is 0 Å².